The molecule has 0 aromatic heterocycles. The van der Waals surface area contributed by atoms with Gasteiger partial charge in [-0.1, -0.05) is 64.2 Å². The maximum absolute atomic E-state index is 7.18. The Hall–Kier alpha value is 1.59. The van der Waals surface area contributed by atoms with Gasteiger partial charge in [-0.25, -0.2) is 0 Å². The van der Waals surface area contributed by atoms with Gasteiger partial charge in [0.25, 0.3) is 0 Å². The van der Waals surface area contributed by atoms with Gasteiger partial charge in [0, 0.05) is 0 Å². The van der Waals surface area contributed by atoms with E-state index in [1.54, 1.807) is 0 Å². The molecule has 2 aliphatic carbocycles. The fourth-order valence-corrected chi connectivity index (χ4v) is 22.1. The molecule has 0 N–H and O–H groups in total. The third-order valence-corrected chi connectivity index (χ3v) is 29.7. The monoisotopic (exact) mass is 362 g/mol. The number of halogens is 4. The Kier molecular flexibility index (Phi) is 5.83. The molecule has 0 bridgehead atoms. The normalized spacial score (nSPS) is 25.3. The van der Waals surface area contributed by atoms with E-state index in [4.69, 9.17) is 44.3 Å². The average Bonchev–Trinajstić information content (AvgIpc) is 2.38. The van der Waals surface area contributed by atoms with E-state index in [0.29, 0.717) is 11.1 Å². The highest BCUT2D eigenvalue weighted by Crippen LogP contribution is 2.57. The lowest BCUT2D eigenvalue weighted by Gasteiger charge is -2.45. The van der Waals surface area contributed by atoms with Crippen LogP contribution in [0, 0.1) is 0 Å². The van der Waals surface area contributed by atoms with Crippen molar-refractivity contribution in [3.8, 4) is 0 Å². The fourth-order valence-electron chi connectivity index (χ4n) is 3.84. The lowest BCUT2D eigenvalue weighted by molar-refractivity contribution is 0.464. The Morgan fingerprint density at radius 2 is 0.889 bits per heavy atom. The minimum absolute atomic E-state index is 0.565. The van der Waals surface area contributed by atoms with Crippen molar-refractivity contribution in [2.45, 2.75) is 75.3 Å². The summed E-state index contributed by atoms with van der Waals surface area (Å²) in [5.74, 6) is 0. The van der Waals surface area contributed by atoms with E-state index in [9.17, 15) is 0 Å². The summed E-state index contributed by atoms with van der Waals surface area (Å²) < 4.78 is 0. The van der Waals surface area contributed by atoms with E-state index < -0.39 is 12.4 Å². The number of rotatable bonds is 3. The van der Waals surface area contributed by atoms with Gasteiger partial charge in [-0.05, 0) is 11.1 Å². The Balaban J connectivity index is 2.21. The summed E-state index contributed by atoms with van der Waals surface area (Å²) in [6.45, 7) is -2.24. The zero-order valence-electron chi connectivity index (χ0n) is 10.7. The van der Waals surface area contributed by atoms with E-state index in [2.05, 4.69) is 0 Å². The van der Waals surface area contributed by atoms with Crippen molar-refractivity contribution in [3.63, 3.8) is 0 Å². The third kappa shape index (κ3) is 3.25. The molecule has 106 valence electrons. The highest BCUT2D eigenvalue weighted by molar-refractivity contribution is 7.95. The second-order valence-electron chi connectivity index (χ2n) is 5.94. The molecule has 0 radical (unpaired) electrons. The summed E-state index contributed by atoms with van der Waals surface area (Å²) in [6.07, 6.45) is 12.7. The highest BCUT2D eigenvalue weighted by atomic mass is 35.9. The number of hydrogen-bond donors (Lipinski definition) is 0. The molecule has 0 aromatic rings. The van der Waals surface area contributed by atoms with Crippen LogP contribution in [0.25, 0.3) is 0 Å². The van der Waals surface area contributed by atoms with Crippen molar-refractivity contribution < 1.29 is 0 Å². The van der Waals surface area contributed by atoms with Gasteiger partial charge in [-0.2, -0.15) is 11.1 Å². The summed E-state index contributed by atoms with van der Waals surface area (Å²) in [5.41, 5.74) is -1.63. The first-order valence-corrected chi connectivity index (χ1v) is 16.4. The van der Waals surface area contributed by atoms with E-state index in [1.165, 1.54) is 64.2 Å². The van der Waals surface area contributed by atoms with Crippen LogP contribution in [-0.2, 0) is 0 Å². The molecule has 2 aliphatic rings. The van der Waals surface area contributed by atoms with Crippen molar-refractivity contribution in [1.29, 1.82) is 0 Å². The van der Waals surface area contributed by atoms with Crippen LogP contribution in [0.5, 0.6) is 0 Å². The van der Waals surface area contributed by atoms with Crippen molar-refractivity contribution in [2.75, 3.05) is 0 Å². The van der Waals surface area contributed by atoms with E-state index >= 15 is 0 Å². The Labute approximate surface area is 131 Å². The molecule has 0 amide bonds. The summed E-state index contributed by atoms with van der Waals surface area (Å²) >= 11 is 26.7. The molecular weight excluding hydrogens is 342 g/mol. The van der Waals surface area contributed by atoms with Crippen molar-refractivity contribution in [1.82, 2.24) is 0 Å². The molecule has 0 aromatic carbocycles. The third-order valence-electron chi connectivity index (χ3n) is 4.83. The lowest BCUT2D eigenvalue weighted by atomic mass is 9.99. The Morgan fingerprint density at radius 3 is 1.17 bits per heavy atom. The second-order valence-corrected chi connectivity index (χ2v) is 27.4. The molecule has 0 nitrogen and oxygen atoms in total. The van der Waals surface area contributed by atoms with E-state index in [-0.39, 0.29) is 0 Å². The molecule has 18 heavy (non-hydrogen) atoms. The summed E-state index contributed by atoms with van der Waals surface area (Å²) in [7, 11) is 0. The van der Waals surface area contributed by atoms with Gasteiger partial charge in [0.15, 0.2) is 0 Å². The molecule has 0 saturated heterocycles. The standard InChI is InChI=1S/C12H22Cl4Si2/c13-17(18(14,15)16,11-7-3-1-4-8-11)12-9-5-2-6-10-12/h11-12H,1-10H2. The lowest BCUT2D eigenvalue weighted by Crippen LogP contribution is -2.56. The van der Waals surface area contributed by atoms with Gasteiger partial charge in [0.1, 0.15) is 0 Å². The first-order valence-electron chi connectivity index (χ1n) is 7.22. The van der Waals surface area contributed by atoms with Crippen LogP contribution < -0.4 is 0 Å². The first kappa shape index (κ1) is 16.0. The van der Waals surface area contributed by atoms with Crippen molar-refractivity contribution >= 4 is 56.7 Å². The van der Waals surface area contributed by atoms with Crippen LogP contribution >= 0.6 is 44.3 Å². The zero-order valence-corrected chi connectivity index (χ0v) is 15.8. The molecular formula is C12H22Cl4Si2. The van der Waals surface area contributed by atoms with Crippen LogP contribution in [0.3, 0.4) is 0 Å². The van der Waals surface area contributed by atoms with Gasteiger partial charge in [-0.3, -0.25) is 0 Å². The minimum atomic E-state index is -2.76. The van der Waals surface area contributed by atoms with Gasteiger partial charge in [0.2, 0.25) is 6.90 Å². The van der Waals surface area contributed by atoms with Crippen LogP contribution in [0.4, 0.5) is 0 Å². The molecule has 2 rings (SSSR count). The van der Waals surface area contributed by atoms with Gasteiger partial charge in [0.05, 0.1) is 0 Å². The maximum Gasteiger partial charge on any atom is 0.342 e. The molecule has 0 unspecified atom stereocenters. The topological polar surface area (TPSA) is 0 Å². The highest BCUT2D eigenvalue weighted by Gasteiger charge is 2.61. The smallest absolute Gasteiger partial charge is 0.165 e. The molecule has 0 spiro atoms. The molecule has 2 fully saturated rings. The first-order chi connectivity index (χ1) is 8.46. The summed E-state index contributed by atoms with van der Waals surface area (Å²) in [5, 5.41) is 0. The average molecular weight is 364 g/mol. The van der Waals surface area contributed by atoms with Crippen LogP contribution in [0.2, 0.25) is 11.1 Å². The molecule has 6 heteroatoms. The molecule has 0 aliphatic heterocycles. The maximum atomic E-state index is 7.18. The van der Waals surface area contributed by atoms with E-state index in [1.807, 2.05) is 0 Å². The number of hydrogen-bond acceptors (Lipinski definition) is 0. The zero-order chi connectivity index (χ0) is 13.2. The largest absolute Gasteiger partial charge is 0.342 e. The predicted octanol–water partition coefficient (Wildman–Crippen LogP) is 6.57. The molecule has 0 atom stereocenters. The van der Waals surface area contributed by atoms with Crippen LogP contribution in [0.15, 0.2) is 0 Å². The van der Waals surface area contributed by atoms with Gasteiger partial charge in [-0.15, -0.1) is 33.2 Å². The molecule has 2 saturated carbocycles. The summed E-state index contributed by atoms with van der Waals surface area (Å²) in [6, 6.07) is 0. The fraction of sp³-hybridized carbons (Fsp3) is 1.00. The van der Waals surface area contributed by atoms with E-state index in [0.717, 1.165) is 0 Å². The summed E-state index contributed by atoms with van der Waals surface area (Å²) in [4.78, 5) is 0. The van der Waals surface area contributed by atoms with Gasteiger partial charge >= 0.3 is 5.52 Å². The Morgan fingerprint density at radius 1 is 0.556 bits per heavy atom. The van der Waals surface area contributed by atoms with Gasteiger partial charge < -0.3 is 0 Å². The van der Waals surface area contributed by atoms with Crippen LogP contribution in [0.1, 0.15) is 64.2 Å². The minimum Gasteiger partial charge on any atom is -0.165 e. The quantitative estimate of drug-likeness (QED) is 0.392. The van der Waals surface area contributed by atoms with Crippen molar-refractivity contribution in [3.05, 3.63) is 0 Å². The van der Waals surface area contributed by atoms with Crippen molar-refractivity contribution in [2.24, 2.45) is 0 Å². The SMILES string of the molecule is Cl[Si](Cl)(Cl)[Si](Cl)(C1CCCCC1)C1CCCCC1. The molecule has 0 heterocycles. The predicted molar refractivity (Wildman–Crippen MR) is 88.6 cm³/mol. The van der Waals surface area contributed by atoms with Crippen LogP contribution in [-0.4, -0.2) is 12.4 Å². The Bertz CT molecular complexity index is 250. The second kappa shape index (κ2) is 6.57.